The van der Waals surface area contributed by atoms with E-state index in [2.05, 4.69) is 18.6 Å². The zero-order valence-electron chi connectivity index (χ0n) is 9.56. The van der Waals surface area contributed by atoms with Crippen molar-refractivity contribution < 1.29 is 9.53 Å². The van der Waals surface area contributed by atoms with Crippen LogP contribution in [0.2, 0.25) is 0 Å². The van der Waals surface area contributed by atoms with Crippen molar-refractivity contribution >= 4 is 5.97 Å². The fraction of sp³-hybridized carbons (Fsp3) is 0.909. The summed E-state index contributed by atoms with van der Waals surface area (Å²) in [6, 6.07) is 0. The first-order valence-corrected chi connectivity index (χ1v) is 5.29. The van der Waals surface area contributed by atoms with E-state index in [9.17, 15) is 4.79 Å². The normalized spacial score (nSPS) is 8.62. The summed E-state index contributed by atoms with van der Waals surface area (Å²) in [7, 11) is 1.40. The second kappa shape index (κ2) is 14.0. The van der Waals surface area contributed by atoms with E-state index >= 15 is 0 Å². The van der Waals surface area contributed by atoms with Crippen molar-refractivity contribution in [3.05, 3.63) is 0 Å². The lowest BCUT2D eigenvalue weighted by molar-refractivity contribution is -0.140. The van der Waals surface area contributed by atoms with E-state index < -0.39 is 0 Å². The van der Waals surface area contributed by atoms with E-state index in [1.807, 2.05) is 6.92 Å². The fourth-order valence-corrected chi connectivity index (χ4v) is 0.806. The monoisotopic (exact) mass is 188 g/mol. The molecule has 2 nitrogen and oxygen atoms in total. The largest absolute Gasteiger partial charge is 0.469 e. The third-order valence-corrected chi connectivity index (χ3v) is 1.64. The van der Waals surface area contributed by atoms with Crippen LogP contribution in [-0.4, -0.2) is 13.1 Å². The van der Waals surface area contributed by atoms with Gasteiger partial charge >= 0.3 is 5.97 Å². The van der Waals surface area contributed by atoms with Gasteiger partial charge in [-0.15, -0.1) is 0 Å². The molecule has 0 N–H and O–H groups in total. The van der Waals surface area contributed by atoms with Gasteiger partial charge in [-0.05, 0) is 6.42 Å². The predicted molar refractivity (Wildman–Crippen MR) is 56.7 cm³/mol. The zero-order valence-corrected chi connectivity index (χ0v) is 9.56. The molecule has 0 fully saturated rings. The lowest BCUT2D eigenvalue weighted by Gasteiger charge is -1.91. The number of methoxy groups -OCH3 is 1. The lowest BCUT2D eigenvalue weighted by atomic mass is 10.2. The van der Waals surface area contributed by atoms with Crippen LogP contribution in [0.1, 0.15) is 59.3 Å². The number of esters is 1. The molecule has 0 aliphatic carbocycles. The number of hydrogen-bond donors (Lipinski definition) is 0. The maximum Gasteiger partial charge on any atom is 0.305 e. The molecule has 0 aliphatic heterocycles. The van der Waals surface area contributed by atoms with Gasteiger partial charge in [0.05, 0.1) is 7.11 Å². The smallest absolute Gasteiger partial charge is 0.305 e. The van der Waals surface area contributed by atoms with Crippen molar-refractivity contribution in [2.24, 2.45) is 0 Å². The van der Waals surface area contributed by atoms with Crippen LogP contribution in [0.25, 0.3) is 0 Å². The Bertz CT molecular complexity index is 96.3. The molecule has 0 radical (unpaired) electrons. The van der Waals surface area contributed by atoms with Crippen LogP contribution >= 0.6 is 0 Å². The van der Waals surface area contributed by atoms with Gasteiger partial charge in [0.1, 0.15) is 0 Å². The Morgan fingerprint density at radius 2 is 1.46 bits per heavy atom. The topological polar surface area (TPSA) is 26.3 Å². The van der Waals surface area contributed by atoms with Gasteiger partial charge in [-0.3, -0.25) is 4.79 Å². The first-order valence-electron chi connectivity index (χ1n) is 5.29. The number of hydrogen-bond acceptors (Lipinski definition) is 2. The summed E-state index contributed by atoms with van der Waals surface area (Å²) >= 11 is 0. The molecular weight excluding hydrogens is 164 g/mol. The highest BCUT2D eigenvalue weighted by atomic mass is 16.5. The van der Waals surface area contributed by atoms with Gasteiger partial charge in [-0.2, -0.15) is 0 Å². The number of rotatable bonds is 5. The van der Waals surface area contributed by atoms with E-state index in [0.717, 1.165) is 6.42 Å². The van der Waals surface area contributed by atoms with Crippen LogP contribution in [0.3, 0.4) is 0 Å². The van der Waals surface area contributed by atoms with Gasteiger partial charge in [0.2, 0.25) is 0 Å². The van der Waals surface area contributed by atoms with Gasteiger partial charge < -0.3 is 4.74 Å². The average molecular weight is 188 g/mol. The van der Waals surface area contributed by atoms with Crippen LogP contribution < -0.4 is 0 Å². The molecule has 0 unspecified atom stereocenters. The summed E-state index contributed by atoms with van der Waals surface area (Å²) in [5, 5.41) is 0. The predicted octanol–water partition coefficient (Wildman–Crippen LogP) is 3.55. The molecule has 0 saturated carbocycles. The van der Waals surface area contributed by atoms with E-state index in [1.54, 1.807) is 0 Å². The lowest BCUT2D eigenvalue weighted by Crippen LogP contribution is -1.97. The molecule has 0 spiro atoms. The Balaban J connectivity index is 0. The summed E-state index contributed by atoms with van der Waals surface area (Å²) in [5.41, 5.74) is 0. The third kappa shape index (κ3) is 18.4. The second-order valence-corrected chi connectivity index (χ2v) is 3.03. The molecule has 0 rings (SSSR count). The minimum Gasteiger partial charge on any atom is -0.469 e. The summed E-state index contributed by atoms with van der Waals surface area (Å²) in [4.78, 5) is 10.2. The highest BCUT2D eigenvalue weighted by Gasteiger charge is 1.92. The molecule has 0 atom stereocenters. The average Bonchev–Trinajstić information content (AvgIpc) is 2.16. The second-order valence-electron chi connectivity index (χ2n) is 3.03. The van der Waals surface area contributed by atoms with Crippen molar-refractivity contribution in [3.8, 4) is 0 Å². The molecule has 0 saturated heterocycles. The summed E-state index contributed by atoms with van der Waals surface area (Å²) in [5.74, 6) is -0.123. The fourth-order valence-electron chi connectivity index (χ4n) is 0.806. The minimum atomic E-state index is -0.123. The van der Waals surface area contributed by atoms with Crippen molar-refractivity contribution in [2.75, 3.05) is 7.11 Å². The van der Waals surface area contributed by atoms with E-state index in [-0.39, 0.29) is 5.97 Å². The Morgan fingerprint density at radius 3 is 1.62 bits per heavy atom. The maximum absolute atomic E-state index is 10.2. The van der Waals surface area contributed by atoms with Gasteiger partial charge in [0.25, 0.3) is 0 Å². The maximum atomic E-state index is 10.2. The van der Waals surface area contributed by atoms with Crippen LogP contribution in [0, 0.1) is 0 Å². The molecule has 13 heavy (non-hydrogen) atoms. The van der Waals surface area contributed by atoms with Gasteiger partial charge in [-0.25, -0.2) is 0 Å². The van der Waals surface area contributed by atoms with Gasteiger partial charge in [0.15, 0.2) is 0 Å². The summed E-state index contributed by atoms with van der Waals surface area (Å²) in [6.45, 7) is 6.40. The molecule has 2 heteroatoms. The van der Waals surface area contributed by atoms with Crippen LogP contribution in [0.5, 0.6) is 0 Å². The first-order chi connectivity index (χ1) is 6.22. The minimum absolute atomic E-state index is 0.123. The van der Waals surface area contributed by atoms with Crippen molar-refractivity contribution in [1.82, 2.24) is 0 Å². The summed E-state index contributed by atoms with van der Waals surface area (Å²) < 4.78 is 4.35. The standard InChI is InChI=1S/C6H14.C5H10O2/c1-3-5-6-4-2;1-3-4-5(6)7-2/h3-6H2,1-2H3;3-4H2,1-2H3. The van der Waals surface area contributed by atoms with E-state index in [1.165, 1.54) is 32.8 Å². The van der Waals surface area contributed by atoms with Crippen LogP contribution in [0.4, 0.5) is 0 Å². The van der Waals surface area contributed by atoms with Crippen molar-refractivity contribution in [2.45, 2.75) is 59.3 Å². The molecule has 0 amide bonds. The third-order valence-electron chi connectivity index (χ3n) is 1.64. The molecule has 0 bridgehead atoms. The molecule has 0 heterocycles. The molecule has 0 aliphatic rings. The Kier molecular flexibility index (Phi) is 16.1. The zero-order chi connectivity index (χ0) is 10.5. The number of carbonyl (C=O) groups excluding carboxylic acids is 1. The van der Waals surface area contributed by atoms with Crippen LogP contribution in [0.15, 0.2) is 0 Å². The van der Waals surface area contributed by atoms with Crippen LogP contribution in [-0.2, 0) is 9.53 Å². The van der Waals surface area contributed by atoms with Gasteiger partial charge in [0, 0.05) is 6.42 Å². The molecule has 0 aromatic carbocycles. The molecule has 0 aromatic rings. The van der Waals surface area contributed by atoms with Crippen molar-refractivity contribution in [3.63, 3.8) is 0 Å². The Hall–Kier alpha value is -0.530. The van der Waals surface area contributed by atoms with E-state index in [0.29, 0.717) is 6.42 Å². The number of ether oxygens (including phenoxy) is 1. The quantitative estimate of drug-likeness (QED) is 0.487. The number of carbonyl (C=O) groups is 1. The number of unbranched alkanes of at least 4 members (excludes halogenated alkanes) is 3. The molecular formula is C11H24O2. The Morgan fingerprint density at radius 1 is 1.00 bits per heavy atom. The van der Waals surface area contributed by atoms with Crippen molar-refractivity contribution in [1.29, 1.82) is 0 Å². The molecule has 80 valence electrons. The first kappa shape index (κ1) is 15.0. The highest BCUT2D eigenvalue weighted by Crippen LogP contribution is 1.95. The highest BCUT2D eigenvalue weighted by molar-refractivity contribution is 5.68. The SMILES string of the molecule is CCCC(=O)OC.CCCCCC. The van der Waals surface area contributed by atoms with E-state index in [4.69, 9.17) is 0 Å². The molecule has 0 aromatic heterocycles. The van der Waals surface area contributed by atoms with Gasteiger partial charge in [-0.1, -0.05) is 46.5 Å². The Labute approximate surface area is 82.7 Å². The summed E-state index contributed by atoms with van der Waals surface area (Å²) in [6.07, 6.45) is 6.94.